The predicted octanol–water partition coefficient (Wildman–Crippen LogP) is 2.89. The van der Waals surface area contributed by atoms with Crippen LogP contribution < -0.4 is 9.47 Å². The standard InChI is InChI=1S/C23H31NO5/c1-27-20-9-6-15(12-21(20)28-2)18-14-29-23-16(22(18)26)7-8-19(25)17(23)13-24-10-4-3-5-11-24/h6,9,12,14,16-17,19,23,25H,3-5,7-8,10-11,13H2,1-2H3. The normalized spacial score (nSPS) is 30.2. The number of likely N-dealkylation sites (tertiary alicyclic amines) is 1. The van der Waals surface area contributed by atoms with Gasteiger partial charge in [-0.3, -0.25) is 4.79 Å². The van der Waals surface area contributed by atoms with E-state index >= 15 is 0 Å². The fourth-order valence-corrected chi connectivity index (χ4v) is 5.01. The van der Waals surface area contributed by atoms with Crippen LogP contribution in [0.2, 0.25) is 0 Å². The Morgan fingerprint density at radius 2 is 1.86 bits per heavy atom. The number of hydrogen-bond donors (Lipinski definition) is 1. The van der Waals surface area contributed by atoms with E-state index in [4.69, 9.17) is 14.2 Å². The van der Waals surface area contributed by atoms with Gasteiger partial charge in [-0.15, -0.1) is 0 Å². The van der Waals surface area contributed by atoms with Gasteiger partial charge in [0.25, 0.3) is 0 Å². The van der Waals surface area contributed by atoms with Gasteiger partial charge in [0.15, 0.2) is 17.3 Å². The first-order valence-corrected chi connectivity index (χ1v) is 10.6. The largest absolute Gasteiger partial charge is 0.496 e. The Kier molecular flexibility index (Phi) is 6.11. The Labute approximate surface area is 172 Å². The van der Waals surface area contributed by atoms with Gasteiger partial charge in [-0.05, 0) is 56.5 Å². The molecule has 158 valence electrons. The summed E-state index contributed by atoms with van der Waals surface area (Å²) in [6.07, 6.45) is 5.92. The zero-order chi connectivity index (χ0) is 20.4. The van der Waals surface area contributed by atoms with Gasteiger partial charge in [0, 0.05) is 12.5 Å². The lowest BCUT2D eigenvalue weighted by Gasteiger charge is -2.44. The molecule has 1 aliphatic carbocycles. The van der Waals surface area contributed by atoms with Crippen LogP contribution in [0.15, 0.2) is 24.5 Å². The SMILES string of the molecule is COc1ccc(C2=COC3C(CCC(O)C3CN3CCCCC3)C2=O)cc1OC. The maximum atomic E-state index is 13.3. The van der Waals surface area contributed by atoms with Gasteiger partial charge in [0.2, 0.25) is 0 Å². The van der Waals surface area contributed by atoms with E-state index in [1.54, 1.807) is 26.5 Å². The molecule has 2 aliphatic heterocycles. The summed E-state index contributed by atoms with van der Waals surface area (Å²) < 4.78 is 16.8. The number of ether oxygens (including phenoxy) is 3. The fraction of sp³-hybridized carbons (Fsp3) is 0.609. The molecule has 1 N–H and O–H groups in total. The molecular weight excluding hydrogens is 370 g/mol. The number of ketones is 1. The monoisotopic (exact) mass is 401 g/mol. The molecule has 0 aromatic heterocycles. The van der Waals surface area contributed by atoms with E-state index < -0.39 is 6.10 Å². The Morgan fingerprint density at radius 3 is 2.59 bits per heavy atom. The van der Waals surface area contributed by atoms with E-state index in [1.165, 1.54) is 19.3 Å². The first kappa shape index (κ1) is 20.2. The first-order valence-electron chi connectivity index (χ1n) is 10.6. The summed E-state index contributed by atoms with van der Waals surface area (Å²) in [5.74, 6) is 1.08. The molecule has 4 unspecified atom stereocenters. The van der Waals surface area contributed by atoms with Gasteiger partial charge >= 0.3 is 0 Å². The van der Waals surface area contributed by atoms with Crippen LogP contribution >= 0.6 is 0 Å². The lowest BCUT2D eigenvalue weighted by atomic mass is 9.72. The number of Topliss-reactive ketones (excluding diaryl/α,β-unsaturated/α-hetero) is 1. The lowest BCUT2D eigenvalue weighted by Crippen LogP contribution is -2.52. The minimum absolute atomic E-state index is 0.0287. The molecule has 1 aromatic rings. The molecule has 6 heteroatoms. The molecule has 0 radical (unpaired) electrons. The second-order valence-electron chi connectivity index (χ2n) is 8.34. The molecule has 0 spiro atoms. The van der Waals surface area contributed by atoms with Crippen molar-refractivity contribution < 1.29 is 24.1 Å². The Bertz CT molecular complexity index is 771. The third-order valence-electron chi connectivity index (χ3n) is 6.64. The number of aliphatic hydroxyl groups is 1. The number of allylic oxidation sites excluding steroid dienone is 1. The van der Waals surface area contributed by atoms with Crippen LogP contribution in [-0.4, -0.2) is 61.9 Å². The predicted molar refractivity (Wildman–Crippen MR) is 110 cm³/mol. The third kappa shape index (κ3) is 4.01. The zero-order valence-electron chi connectivity index (χ0n) is 17.3. The van der Waals surface area contributed by atoms with Crippen LogP contribution in [0.5, 0.6) is 11.5 Å². The number of carbonyl (C=O) groups excluding carboxylic acids is 1. The third-order valence-corrected chi connectivity index (χ3v) is 6.64. The molecule has 4 atom stereocenters. The van der Waals surface area contributed by atoms with E-state index in [0.29, 0.717) is 29.9 Å². The van der Waals surface area contributed by atoms with Crippen molar-refractivity contribution in [3.63, 3.8) is 0 Å². The second kappa shape index (κ2) is 8.76. The molecule has 2 heterocycles. The van der Waals surface area contributed by atoms with E-state index in [-0.39, 0.29) is 23.7 Å². The highest BCUT2D eigenvalue weighted by molar-refractivity contribution is 6.22. The van der Waals surface area contributed by atoms with Crippen LogP contribution in [0.1, 0.15) is 37.7 Å². The van der Waals surface area contributed by atoms with Gasteiger partial charge in [-0.25, -0.2) is 0 Å². The van der Waals surface area contributed by atoms with Crippen molar-refractivity contribution >= 4 is 11.4 Å². The summed E-state index contributed by atoms with van der Waals surface area (Å²) in [6, 6.07) is 5.48. The highest BCUT2D eigenvalue weighted by Crippen LogP contribution is 2.41. The van der Waals surface area contributed by atoms with E-state index in [9.17, 15) is 9.90 Å². The second-order valence-corrected chi connectivity index (χ2v) is 8.34. The first-order chi connectivity index (χ1) is 14.1. The molecular formula is C23H31NO5. The van der Waals surface area contributed by atoms with Gasteiger partial charge in [0.1, 0.15) is 6.10 Å². The highest BCUT2D eigenvalue weighted by Gasteiger charge is 2.46. The number of piperidine rings is 1. The van der Waals surface area contributed by atoms with Gasteiger partial charge < -0.3 is 24.2 Å². The molecule has 1 saturated heterocycles. The van der Waals surface area contributed by atoms with Crippen molar-refractivity contribution in [1.29, 1.82) is 0 Å². The molecule has 29 heavy (non-hydrogen) atoms. The number of hydrogen-bond acceptors (Lipinski definition) is 6. The maximum Gasteiger partial charge on any atom is 0.173 e. The average molecular weight is 402 g/mol. The quantitative estimate of drug-likeness (QED) is 0.818. The Balaban J connectivity index is 1.56. The van der Waals surface area contributed by atoms with Crippen molar-refractivity contribution in [2.24, 2.45) is 11.8 Å². The van der Waals surface area contributed by atoms with E-state index in [1.807, 2.05) is 12.1 Å². The number of nitrogens with zero attached hydrogens (tertiary/aromatic N) is 1. The minimum Gasteiger partial charge on any atom is -0.496 e. The summed E-state index contributed by atoms with van der Waals surface area (Å²) in [6.45, 7) is 2.94. The highest BCUT2D eigenvalue weighted by atomic mass is 16.5. The van der Waals surface area contributed by atoms with Gasteiger partial charge in [-0.1, -0.05) is 12.5 Å². The number of methoxy groups -OCH3 is 2. The maximum absolute atomic E-state index is 13.3. The summed E-state index contributed by atoms with van der Waals surface area (Å²) in [5, 5.41) is 10.7. The van der Waals surface area contributed by atoms with Crippen molar-refractivity contribution in [3.05, 3.63) is 30.0 Å². The fourth-order valence-electron chi connectivity index (χ4n) is 5.01. The average Bonchev–Trinajstić information content (AvgIpc) is 2.76. The number of aliphatic hydroxyl groups excluding tert-OH is 1. The smallest absolute Gasteiger partial charge is 0.173 e. The van der Waals surface area contributed by atoms with Crippen molar-refractivity contribution in [3.8, 4) is 11.5 Å². The molecule has 1 aromatic carbocycles. The number of fused-ring (bicyclic) bond motifs is 1. The summed E-state index contributed by atoms with van der Waals surface area (Å²) >= 11 is 0. The van der Waals surface area contributed by atoms with Gasteiger partial charge in [-0.2, -0.15) is 0 Å². The molecule has 2 fully saturated rings. The van der Waals surface area contributed by atoms with Crippen molar-refractivity contribution in [1.82, 2.24) is 4.90 Å². The van der Waals surface area contributed by atoms with E-state index in [0.717, 1.165) is 25.2 Å². The summed E-state index contributed by atoms with van der Waals surface area (Å²) in [7, 11) is 3.17. The van der Waals surface area contributed by atoms with E-state index in [2.05, 4.69) is 4.90 Å². The number of carbonyl (C=O) groups is 1. The molecule has 6 nitrogen and oxygen atoms in total. The molecule has 3 aliphatic rings. The lowest BCUT2D eigenvalue weighted by molar-refractivity contribution is -0.133. The van der Waals surface area contributed by atoms with Crippen LogP contribution in [0, 0.1) is 11.8 Å². The Hall–Kier alpha value is -2.05. The Morgan fingerprint density at radius 1 is 1.10 bits per heavy atom. The number of benzene rings is 1. The summed E-state index contributed by atoms with van der Waals surface area (Å²) in [4.78, 5) is 15.8. The molecule has 0 bridgehead atoms. The van der Waals surface area contributed by atoms with Crippen LogP contribution in [0.25, 0.3) is 5.57 Å². The number of rotatable bonds is 5. The van der Waals surface area contributed by atoms with Crippen LogP contribution in [-0.2, 0) is 9.53 Å². The van der Waals surface area contributed by atoms with Gasteiger partial charge in [0.05, 0.1) is 38.1 Å². The van der Waals surface area contributed by atoms with Crippen LogP contribution in [0.4, 0.5) is 0 Å². The van der Waals surface area contributed by atoms with Crippen molar-refractivity contribution in [2.75, 3.05) is 33.9 Å². The molecule has 4 rings (SSSR count). The van der Waals surface area contributed by atoms with Crippen LogP contribution in [0.3, 0.4) is 0 Å². The zero-order valence-corrected chi connectivity index (χ0v) is 17.3. The summed E-state index contributed by atoms with van der Waals surface area (Å²) in [5.41, 5.74) is 1.34. The molecule has 1 saturated carbocycles. The minimum atomic E-state index is -0.415. The molecule has 0 amide bonds. The van der Waals surface area contributed by atoms with Crippen molar-refractivity contribution in [2.45, 2.75) is 44.3 Å². The topological polar surface area (TPSA) is 68.2 Å².